The highest BCUT2D eigenvalue weighted by Gasteiger charge is 2.08. The summed E-state index contributed by atoms with van der Waals surface area (Å²) in [5, 5.41) is 3.71. The summed E-state index contributed by atoms with van der Waals surface area (Å²) < 4.78 is 0. The third-order valence-corrected chi connectivity index (χ3v) is 3.43. The number of H-pyrrole nitrogens is 1. The second-order valence-electron chi connectivity index (χ2n) is 5.12. The van der Waals surface area contributed by atoms with E-state index in [-0.39, 0.29) is 11.7 Å². The topological polar surface area (TPSA) is 88.0 Å². The van der Waals surface area contributed by atoms with Crippen LogP contribution in [0.1, 0.15) is 27.8 Å². The van der Waals surface area contributed by atoms with Crippen LogP contribution in [0.2, 0.25) is 0 Å². The fraction of sp³-hybridized carbons (Fsp3) is 0.0588. The summed E-state index contributed by atoms with van der Waals surface area (Å²) in [5.41, 5.74) is 8.83. The quantitative estimate of drug-likeness (QED) is 0.512. The molecule has 1 amide bonds. The van der Waals surface area contributed by atoms with Crippen molar-refractivity contribution in [2.45, 2.75) is 6.92 Å². The Bertz CT molecular complexity index is 863. The lowest BCUT2D eigenvalue weighted by molar-refractivity contribution is 0.101. The van der Waals surface area contributed by atoms with Gasteiger partial charge in [-0.25, -0.2) is 0 Å². The van der Waals surface area contributed by atoms with Crippen molar-refractivity contribution in [3.8, 4) is 0 Å². The first-order valence-electron chi connectivity index (χ1n) is 6.83. The SMILES string of the molecule is CC(=O)c1cc2cc(NC(=O)c3ccc(N)cc3)ccc2[nH]1. The van der Waals surface area contributed by atoms with Crippen LogP contribution in [0.15, 0.2) is 48.5 Å². The monoisotopic (exact) mass is 293 g/mol. The van der Waals surface area contributed by atoms with E-state index in [1.807, 2.05) is 12.1 Å². The molecule has 2 aromatic carbocycles. The highest BCUT2D eigenvalue weighted by Crippen LogP contribution is 2.21. The number of rotatable bonds is 3. The minimum atomic E-state index is -0.207. The van der Waals surface area contributed by atoms with Crippen LogP contribution in [0.25, 0.3) is 10.9 Å². The Kier molecular flexibility index (Phi) is 3.39. The fourth-order valence-corrected chi connectivity index (χ4v) is 2.24. The van der Waals surface area contributed by atoms with E-state index in [2.05, 4.69) is 10.3 Å². The average Bonchev–Trinajstić information content (AvgIpc) is 2.91. The van der Waals surface area contributed by atoms with Crippen molar-refractivity contribution < 1.29 is 9.59 Å². The van der Waals surface area contributed by atoms with Crippen LogP contribution >= 0.6 is 0 Å². The van der Waals surface area contributed by atoms with E-state index < -0.39 is 0 Å². The van der Waals surface area contributed by atoms with Crippen molar-refractivity contribution in [1.82, 2.24) is 4.98 Å². The second-order valence-corrected chi connectivity index (χ2v) is 5.12. The molecule has 3 rings (SSSR count). The molecule has 4 N–H and O–H groups in total. The van der Waals surface area contributed by atoms with Gasteiger partial charge in [0.2, 0.25) is 0 Å². The zero-order valence-corrected chi connectivity index (χ0v) is 12.0. The van der Waals surface area contributed by atoms with Crippen LogP contribution in [-0.4, -0.2) is 16.7 Å². The molecule has 0 radical (unpaired) electrons. The third kappa shape index (κ3) is 2.69. The summed E-state index contributed by atoms with van der Waals surface area (Å²) in [6, 6.07) is 13.9. The molecule has 1 heterocycles. The lowest BCUT2D eigenvalue weighted by atomic mass is 10.1. The average molecular weight is 293 g/mol. The first-order valence-corrected chi connectivity index (χ1v) is 6.83. The van der Waals surface area contributed by atoms with Gasteiger partial charge in [0.15, 0.2) is 5.78 Å². The molecule has 1 aromatic heterocycles. The van der Waals surface area contributed by atoms with E-state index in [0.29, 0.717) is 22.6 Å². The Balaban J connectivity index is 1.85. The number of carbonyl (C=O) groups excluding carboxylic acids is 2. The van der Waals surface area contributed by atoms with Gasteiger partial charge < -0.3 is 16.0 Å². The van der Waals surface area contributed by atoms with Gasteiger partial charge in [-0.3, -0.25) is 9.59 Å². The van der Waals surface area contributed by atoms with E-state index in [0.717, 1.165) is 10.9 Å². The minimum Gasteiger partial charge on any atom is -0.399 e. The zero-order chi connectivity index (χ0) is 15.7. The Labute approximate surface area is 127 Å². The number of nitrogens with one attached hydrogen (secondary N) is 2. The number of hydrogen-bond donors (Lipinski definition) is 3. The molecular formula is C17H15N3O2. The fourth-order valence-electron chi connectivity index (χ4n) is 2.24. The number of hydrogen-bond acceptors (Lipinski definition) is 3. The summed E-state index contributed by atoms with van der Waals surface area (Å²) in [4.78, 5) is 26.6. The predicted octanol–water partition coefficient (Wildman–Crippen LogP) is 3.21. The number of ketones is 1. The van der Waals surface area contributed by atoms with E-state index >= 15 is 0 Å². The number of benzene rings is 2. The lowest BCUT2D eigenvalue weighted by Gasteiger charge is -2.05. The Morgan fingerprint density at radius 3 is 2.45 bits per heavy atom. The third-order valence-electron chi connectivity index (χ3n) is 3.43. The van der Waals surface area contributed by atoms with Gasteiger partial charge >= 0.3 is 0 Å². The first-order chi connectivity index (χ1) is 10.5. The largest absolute Gasteiger partial charge is 0.399 e. The number of fused-ring (bicyclic) bond motifs is 1. The van der Waals surface area contributed by atoms with E-state index in [4.69, 9.17) is 5.73 Å². The van der Waals surface area contributed by atoms with Crippen LogP contribution in [-0.2, 0) is 0 Å². The summed E-state index contributed by atoms with van der Waals surface area (Å²) in [6.07, 6.45) is 0. The maximum atomic E-state index is 12.2. The van der Waals surface area contributed by atoms with Gasteiger partial charge in [-0.15, -0.1) is 0 Å². The van der Waals surface area contributed by atoms with Crippen molar-refractivity contribution in [3.63, 3.8) is 0 Å². The maximum absolute atomic E-state index is 12.2. The summed E-state index contributed by atoms with van der Waals surface area (Å²) in [5.74, 6) is -0.231. The number of Topliss-reactive ketones (excluding diaryl/α,β-unsaturated/α-hetero) is 1. The number of nitrogen functional groups attached to an aromatic ring is 1. The molecule has 0 unspecified atom stereocenters. The summed E-state index contributed by atoms with van der Waals surface area (Å²) in [6.45, 7) is 1.51. The summed E-state index contributed by atoms with van der Waals surface area (Å²) >= 11 is 0. The molecule has 0 spiro atoms. The van der Waals surface area contributed by atoms with Crippen molar-refractivity contribution in [2.24, 2.45) is 0 Å². The normalized spacial score (nSPS) is 10.6. The molecule has 0 atom stereocenters. The Morgan fingerprint density at radius 2 is 1.77 bits per heavy atom. The predicted molar refractivity (Wildman–Crippen MR) is 87.1 cm³/mol. The van der Waals surface area contributed by atoms with Crippen LogP contribution in [0.5, 0.6) is 0 Å². The number of carbonyl (C=O) groups is 2. The van der Waals surface area contributed by atoms with Crippen LogP contribution in [0, 0.1) is 0 Å². The molecule has 0 aliphatic rings. The first kappa shape index (κ1) is 13.9. The van der Waals surface area contributed by atoms with Gasteiger partial charge in [0.25, 0.3) is 5.91 Å². The molecular weight excluding hydrogens is 278 g/mol. The molecule has 3 aromatic rings. The van der Waals surface area contributed by atoms with E-state index in [1.54, 1.807) is 36.4 Å². The lowest BCUT2D eigenvalue weighted by Crippen LogP contribution is -2.11. The van der Waals surface area contributed by atoms with Crippen LogP contribution in [0.3, 0.4) is 0 Å². The Morgan fingerprint density at radius 1 is 1.05 bits per heavy atom. The smallest absolute Gasteiger partial charge is 0.255 e. The van der Waals surface area contributed by atoms with Crippen molar-refractivity contribution in [2.75, 3.05) is 11.1 Å². The highest BCUT2D eigenvalue weighted by molar-refractivity contribution is 6.05. The van der Waals surface area contributed by atoms with Gasteiger partial charge in [-0.05, 0) is 48.5 Å². The molecule has 5 nitrogen and oxygen atoms in total. The molecule has 0 aliphatic carbocycles. The summed E-state index contributed by atoms with van der Waals surface area (Å²) in [7, 11) is 0. The van der Waals surface area contributed by atoms with E-state index in [1.165, 1.54) is 6.92 Å². The molecule has 0 bridgehead atoms. The zero-order valence-electron chi connectivity index (χ0n) is 12.0. The van der Waals surface area contributed by atoms with Gasteiger partial charge in [-0.1, -0.05) is 0 Å². The van der Waals surface area contributed by atoms with Crippen LogP contribution in [0.4, 0.5) is 11.4 Å². The molecule has 5 heteroatoms. The van der Waals surface area contributed by atoms with Crippen molar-refractivity contribution in [3.05, 3.63) is 59.8 Å². The van der Waals surface area contributed by atoms with Gasteiger partial charge in [0, 0.05) is 34.8 Å². The van der Waals surface area contributed by atoms with E-state index in [9.17, 15) is 9.59 Å². The number of aromatic amines is 1. The standard InChI is InChI=1S/C17H15N3O2/c1-10(21)16-9-12-8-14(6-7-15(12)20-16)19-17(22)11-2-4-13(18)5-3-11/h2-9,20H,18H2,1H3,(H,19,22). The molecule has 110 valence electrons. The number of aromatic nitrogens is 1. The molecule has 0 saturated heterocycles. The molecule has 0 aliphatic heterocycles. The number of anilines is 2. The molecule has 22 heavy (non-hydrogen) atoms. The number of amides is 1. The van der Waals surface area contributed by atoms with Crippen LogP contribution < -0.4 is 11.1 Å². The van der Waals surface area contributed by atoms with Crippen molar-refractivity contribution in [1.29, 1.82) is 0 Å². The van der Waals surface area contributed by atoms with Crippen molar-refractivity contribution >= 4 is 34.0 Å². The van der Waals surface area contributed by atoms with Gasteiger partial charge in [0.05, 0.1) is 5.69 Å². The molecule has 0 saturated carbocycles. The highest BCUT2D eigenvalue weighted by atomic mass is 16.1. The maximum Gasteiger partial charge on any atom is 0.255 e. The Hall–Kier alpha value is -3.08. The minimum absolute atomic E-state index is 0.0244. The van der Waals surface area contributed by atoms with Gasteiger partial charge in [0.1, 0.15) is 0 Å². The second kappa shape index (κ2) is 5.37. The molecule has 0 fully saturated rings. The van der Waals surface area contributed by atoms with Gasteiger partial charge in [-0.2, -0.15) is 0 Å². The number of nitrogens with two attached hydrogens (primary N) is 1.